The maximum Gasteiger partial charge on any atom is 0.239 e. The number of nitrogens with zero attached hydrogens (tertiary/aromatic N) is 1. The Kier molecular flexibility index (Phi) is 4.29. The number of hydrogen-bond acceptors (Lipinski definition) is 3. The van der Waals surface area contributed by atoms with Crippen molar-refractivity contribution in [1.29, 1.82) is 0 Å². The number of likely N-dealkylation sites (tertiary alicyclic amines) is 1. The van der Waals surface area contributed by atoms with Crippen molar-refractivity contribution in [2.45, 2.75) is 39.3 Å². The molecule has 0 bridgehead atoms. The first-order valence-electron chi connectivity index (χ1n) is 5.73. The largest absolute Gasteiger partial charge is 0.352 e. The van der Waals surface area contributed by atoms with Gasteiger partial charge in [-0.1, -0.05) is 13.8 Å². The van der Waals surface area contributed by atoms with E-state index in [1.54, 1.807) is 4.90 Å². The standard InChI is InChI=1S/C11H21N3O2/c1-7(2)10(12)11(16)14-5-4-9(6-14)13-8(3)15/h7,9-10H,4-6,12H2,1-3H3,(H,13,15)/t9?,10-/m1/s1. The van der Waals surface area contributed by atoms with E-state index >= 15 is 0 Å². The zero-order valence-electron chi connectivity index (χ0n) is 10.2. The lowest BCUT2D eigenvalue weighted by Crippen LogP contribution is -2.46. The third-order valence-corrected chi connectivity index (χ3v) is 2.91. The van der Waals surface area contributed by atoms with E-state index < -0.39 is 6.04 Å². The van der Waals surface area contributed by atoms with E-state index in [-0.39, 0.29) is 23.8 Å². The molecule has 5 heteroatoms. The summed E-state index contributed by atoms with van der Waals surface area (Å²) >= 11 is 0. The van der Waals surface area contributed by atoms with Gasteiger partial charge in [0.2, 0.25) is 11.8 Å². The molecule has 3 N–H and O–H groups in total. The number of nitrogens with two attached hydrogens (primary N) is 1. The van der Waals surface area contributed by atoms with Crippen molar-refractivity contribution in [2.24, 2.45) is 11.7 Å². The van der Waals surface area contributed by atoms with Crippen molar-refractivity contribution in [3.8, 4) is 0 Å². The van der Waals surface area contributed by atoms with Gasteiger partial charge in [0.25, 0.3) is 0 Å². The second kappa shape index (κ2) is 5.30. The Labute approximate surface area is 96.4 Å². The Bertz CT molecular complexity index is 278. The molecule has 1 rings (SSSR count). The minimum absolute atomic E-state index is 0.0112. The molecule has 1 saturated heterocycles. The van der Waals surface area contributed by atoms with Gasteiger partial charge in [-0.05, 0) is 12.3 Å². The van der Waals surface area contributed by atoms with Crippen molar-refractivity contribution in [3.63, 3.8) is 0 Å². The predicted molar refractivity (Wildman–Crippen MR) is 61.6 cm³/mol. The molecule has 5 nitrogen and oxygen atoms in total. The van der Waals surface area contributed by atoms with Gasteiger partial charge in [0.1, 0.15) is 0 Å². The van der Waals surface area contributed by atoms with Gasteiger partial charge in [-0.25, -0.2) is 0 Å². The molecule has 2 amide bonds. The maximum absolute atomic E-state index is 11.9. The van der Waals surface area contributed by atoms with E-state index in [0.717, 1.165) is 6.42 Å². The molecule has 0 radical (unpaired) electrons. The van der Waals surface area contributed by atoms with Gasteiger partial charge < -0.3 is 16.0 Å². The molecule has 0 aromatic heterocycles. The lowest BCUT2D eigenvalue weighted by atomic mass is 10.0. The molecule has 0 aromatic carbocycles. The molecule has 1 heterocycles. The summed E-state index contributed by atoms with van der Waals surface area (Å²) in [6.45, 7) is 6.63. The van der Waals surface area contributed by atoms with Gasteiger partial charge in [0.15, 0.2) is 0 Å². The van der Waals surface area contributed by atoms with Gasteiger partial charge >= 0.3 is 0 Å². The number of rotatable bonds is 3. The fourth-order valence-corrected chi connectivity index (χ4v) is 1.86. The molecule has 0 aromatic rings. The zero-order valence-corrected chi connectivity index (χ0v) is 10.2. The molecule has 1 unspecified atom stereocenters. The van der Waals surface area contributed by atoms with E-state index in [2.05, 4.69) is 5.32 Å². The first-order valence-corrected chi connectivity index (χ1v) is 5.73. The van der Waals surface area contributed by atoms with Crippen LogP contribution in [0.25, 0.3) is 0 Å². The van der Waals surface area contributed by atoms with E-state index in [4.69, 9.17) is 5.73 Å². The van der Waals surface area contributed by atoms with Crippen LogP contribution in [0.2, 0.25) is 0 Å². The van der Waals surface area contributed by atoms with Crippen molar-refractivity contribution in [2.75, 3.05) is 13.1 Å². The minimum atomic E-state index is -0.434. The average Bonchev–Trinajstić information content (AvgIpc) is 2.62. The average molecular weight is 227 g/mol. The molecule has 0 aliphatic carbocycles. The molecule has 1 fully saturated rings. The fourth-order valence-electron chi connectivity index (χ4n) is 1.86. The Morgan fingerprint density at radius 2 is 2.06 bits per heavy atom. The molecule has 16 heavy (non-hydrogen) atoms. The van der Waals surface area contributed by atoms with E-state index in [9.17, 15) is 9.59 Å². The smallest absolute Gasteiger partial charge is 0.239 e. The third-order valence-electron chi connectivity index (χ3n) is 2.91. The molecule has 92 valence electrons. The van der Waals surface area contributed by atoms with Crippen LogP contribution in [0.4, 0.5) is 0 Å². The molecular formula is C11H21N3O2. The van der Waals surface area contributed by atoms with Crippen molar-refractivity contribution >= 4 is 11.8 Å². The van der Waals surface area contributed by atoms with Crippen LogP contribution in [0.5, 0.6) is 0 Å². The van der Waals surface area contributed by atoms with Crippen LogP contribution in [0, 0.1) is 5.92 Å². The Hall–Kier alpha value is -1.10. The number of hydrogen-bond donors (Lipinski definition) is 2. The molecule has 2 atom stereocenters. The number of amides is 2. The third kappa shape index (κ3) is 3.20. The van der Waals surface area contributed by atoms with Crippen LogP contribution in [-0.2, 0) is 9.59 Å². The summed E-state index contributed by atoms with van der Waals surface area (Å²) < 4.78 is 0. The van der Waals surface area contributed by atoms with Crippen LogP contribution in [-0.4, -0.2) is 41.9 Å². The SMILES string of the molecule is CC(=O)NC1CCN(C(=O)[C@H](N)C(C)C)C1. The van der Waals surface area contributed by atoms with E-state index in [0.29, 0.717) is 13.1 Å². The first-order chi connectivity index (χ1) is 7.41. The Morgan fingerprint density at radius 1 is 1.44 bits per heavy atom. The fraction of sp³-hybridized carbons (Fsp3) is 0.818. The highest BCUT2D eigenvalue weighted by molar-refractivity contribution is 5.82. The van der Waals surface area contributed by atoms with Crippen LogP contribution in [0.3, 0.4) is 0 Å². The quantitative estimate of drug-likeness (QED) is 0.695. The van der Waals surface area contributed by atoms with Crippen LogP contribution in [0.15, 0.2) is 0 Å². The van der Waals surface area contributed by atoms with E-state index in [1.807, 2.05) is 13.8 Å². The second-order valence-corrected chi connectivity index (χ2v) is 4.74. The summed E-state index contributed by atoms with van der Waals surface area (Å²) in [5.41, 5.74) is 5.81. The summed E-state index contributed by atoms with van der Waals surface area (Å²) in [6.07, 6.45) is 0.816. The predicted octanol–water partition coefficient (Wildman–Crippen LogP) is -0.293. The maximum atomic E-state index is 11.9. The normalized spacial score (nSPS) is 22.3. The van der Waals surface area contributed by atoms with Gasteiger partial charge in [0.05, 0.1) is 6.04 Å². The molecular weight excluding hydrogens is 206 g/mol. The monoisotopic (exact) mass is 227 g/mol. The highest BCUT2D eigenvalue weighted by Gasteiger charge is 2.30. The van der Waals surface area contributed by atoms with Crippen LogP contribution >= 0.6 is 0 Å². The summed E-state index contributed by atoms with van der Waals surface area (Å²) in [5.74, 6) is 0.0858. The highest BCUT2D eigenvalue weighted by atomic mass is 16.2. The van der Waals surface area contributed by atoms with E-state index in [1.165, 1.54) is 6.92 Å². The number of nitrogens with one attached hydrogen (secondary N) is 1. The lowest BCUT2D eigenvalue weighted by Gasteiger charge is -2.23. The summed E-state index contributed by atoms with van der Waals surface area (Å²) in [7, 11) is 0. The van der Waals surface area contributed by atoms with Gasteiger partial charge in [-0.3, -0.25) is 9.59 Å². The summed E-state index contributed by atoms with van der Waals surface area (Å²) in [5, 5.41) is 2.82. The molecule has 1 aliphatic rings. The molecule has 0 saturated carbocycles. The molecule has 0 spiro atoms. The Morgan fingerprint density at radius 3 is 2.56 bits per heavy atom. The number of carbonyl (C=O) groups excluding carboxylic acids is 2. The highest BCUT2D eigenvalue weighted by Crippen LogP contribution is 2.12. The van der Waals surface area contributed by atoms with Gasteiger partial charge in [-0.15, -0.1) is 0 Å². The van der Waals surface area contributed by atoms with Crippen LogP contribution in [0.1, 0.15) is 27.2 Å². The van der Waals surface area contributed by atoms with Crippen LogP contribution < -0.4 is 11.1 Å². The molecule has 1 aliphatic heterocycles. The van der Waals surface area contributed by atoms with Gasteiger partial charge in [-0.2, -0.15) is 0 Å². The number of carbonyl (C=O) groups is 2. The minimum Gasteiger partial charge on any atom is -0.352 e. The zero-order chi connectivity index (χ0) is 12.3. The lowest BCUT2D eigenvalue weighted by molar-refractivity contribution is -0.132. The van der Waals surface area contributed by atoms with Gasteiger partial charge in [0, 0.05) is 26.1 Å². The van der Waals surface area contributed by atoms with Crippen molar-refractivity contribution in [3.05, 3.63) is 0 Å². The summed E-state index contributed by atoms with van der Waals surface area (Å²) in [6, 6.07) is -0.350. The van der Waals surface area contributed by atoms with Crippen molar-refractivity contribution < 1.29 is 9.59 Å². The second-order valence-electron chi connectivity index (χ2n) is 4.74. The topological polar surface area (TPSA) is 75.4 Å². The first kappa shape index (κ1) is 13.0. The summed E-state index contributed by atoms with van der Waals surface area (Å²) in [4.78, 5) is 24.5. The van der Waals surface area contributed by atoms with Crippen molar-refractivity contribution in [1.82, 2.24) is 10.2 Å². The Balaban J connectivity index is 2.46.